The Labute approximate surface area is 240 Å². The topological polar surface area (TPSA) is 87.2 Å². The summed E-state index contributed by atoms with van der Waals surface area (Å²) in [6, 6.07) is -0.222. The molecule has 3 fully saturated rings. The first-order valence-corrected chi connectivity index (χ1v) is 15.7. The fraction of sp³-hybridized carbons (Fsp3) is 0.727. The molecule has 0 aromatic carbocycles. The van der Waals surface area contributed by atoms with Crippen LogP contribution in [-0.4, -0.2) is 71.4 Å². The number of amides is 1. The van der Waals surface area contributed by atoms with E-state index in [-0.39, 0.29) is 30.3 Å². The van der Waals surface area contributed by atoms with Crippen LogP contribution in [0.5, 0.6) is 0 Å². The molecule has 220 valence electrons. The molecule has 2 heterocycles. The van der Waals surface area contributed by atoms with E-state index < -0.39 is 11.9 Å². The van der Waals surface area contributed by atoms with E-state index in [0.717, 1.165) is 88.6 Å². The van der Waals surface area contributed by atoms with E-state index in [1.165, 1.54) is 0 Å². The molecule has 1 N–H and O–H groups in total. The highest BCUT2D eigenvalue weighted by Crippen LogP contribution is 2.41. The smallest absolute Gasteiger partial charge is 0.308 e. The third kappa shape index (κ3) is 7.78. The lowest BCUT2D eigenvalue weighted by atomic mass is 9.78. The lowest BCUT2D eigenvalue weighted by molar-refractivity contribution is -0.145. The van der Waals surface area contributed by atoms with Crippen molar-refractivity contribution in [3.05, 3.63) is 23.5 Å². The van der Waals surface area contributed by atoms with Crippen LogP contribution in [0, 0.1) is 35.5 Å². The van der Waals surface area contributed by atoms with Crippen LogP contribution in [-0.2, 0) is 19.1 Å². The maximum Gasteiger partial charge on any atom is 0.308 e. The second kappa shape index (κ2) is 14.9. The number of carbonyl (C=O) groups is 3. The normalized spacial score (nSPS) is 28.4. The number of hydrogen-bond acceptors (Lipinski definition) is 5. The Balaban J connectivity index is 1.56. The molecule has 2 aliphatic carbocycles. The van der Waals surface area contributed by atoms with Crippen molar-refractivity contribution in [2.75, 3.05) is 32.8 Å². The van der Waals surface area contributed by atoms with Gasteiger partial charge in [-0.1, -0.05) is 51.0 Å². The summed E-state index contributed by atoms with van der Waals surface area (Å²) in [5.41, 5.74) is 1.10. The van der Waals surface area contributed by atoms with Crippen LogP contribution < -0.4 is 0 Å². The molecule has 2 saturated heterocycles. The summed E-state index contributed by atoms with van der Waals surface area (Å²) in [5, 5.41) is 10.6. The van der Waals surface area contributed by atoms with E-state index in [4.69, 9.17) is 4.74 Å². The van der Waals surface area contributed by atoms with Gasteiger partial charge in [-0.3, -0.25) is 19.3 Å². The summed E-state index contributed by atoms with van der Waals surface area (Å²) < 4.78 is 5.72. The van der Waals surface area contributed by atoms with Crippen molar-refractivity contribution in [3.8, 4) is 11.8 Å². The maximum atomic E-state index is 13.6. The second-order valence-corrected chi connectivity index (χ2v) is 12.1. The molecule has 4 aliphatic rings. The molecule has 40 heavy (non-hydrogen) atoms. The molecule has 1 amide bonds. The van der Waals surface area contributed by atoms with Gasteiger partial charge >= 0.3 is 5.97 Å². The van der Waals surface area contributed by atoms with Gasteiger partial charge < -0.3 is 14.7 Å². The Kier molecular flexibility index (Phi) is 11.3. The lowest BCUT2D eigenvalue weighted by Gasteiger charge is -2.30. The molecule has 0 bridgehead atoms. The third-order valence-corrected chi connectivity index (χ3v) is 9.34. The monoisotopic (exact) mass is 552 g/mol. The predicted molar refractivity (Wildman–Crippen MR) is 155 cm³/mol. The SMILES string of the molecule is CCCCN(CCCC)C(=O)CN1C[C@H](C2C#CC=C3OCCC3=C2)[C@@H](C(=O)O)[C@@H]1CCC1CCCC(=O)CC1. The molecule has 0 radical (unpaired) electrons. The molecule has 0 aromatic heterocycles. The van der Waals surface area contributed by atoms with Gasteiger partial charge in [-0.15, -0.1) is 0 Å². The number of hydrogen-bond donors (Lipinski definition) is 1. The Morgan fingerprint density at radius 1 is 1.10 bits per heavy atom. The summed E-state index contributed by atoms with van der Waals surface area (Å²) in [6.45, 7) is 7.22. The molecule has 7 heteroatoms. The fourth-order valence-corrected chi connectivity index (χ4v) is 6.99. The van der Waals surface area contributed by atoms with E-state index in [0.29, 0.717) is 37.7 Å². The average Bonchev–Trinajstić information content (AvgIpc) is 3.38. The third-order valence-electron chi connectivity index (χ3n) is 9.34. The van der Waals surface area contributed by atoms with Gasteiger partial charge in [0.15, 0.2) is 0 Å². The zero-order chi connectivity index (χ0) is 28.5. The number of rotatable bonds is 13. The van der Waals surface area contributed by atoms with Crippen molar-refractivity contribution >= 4 is 17.7 Å². The van der Waals surface area contributed by atoms with E-state index in [1.807, 2.05) is 11.0 Å². The number of unbranched alkanes of at least 4 members (excludes halogenated alkanes) is 2. The number of Topliss-reactive ketones (excluding diaryl/α,β-unsaturated/α-hetero) is 1. The van der Waals surface area contributed by atoms with Gasteiger partial charge in [-0.25, -0.2) is 0 Å². The highest BCUT2D eigenvalue weighted by atomic mass is 16.5. The van der Waals surface area contributed by atoms with Gasteiger partial charge in [0.2, 0.25) is 5.91 Å². The number of likely N-dealkylation sites (tertiary alicyclic amines) is 1. The molecule has 7 nitrogen and oxygen atoms in total. The molecule has 2 aliphatic heterocycles. The van der Waals surface area contributed by atoms with Gasteiger partial charge in [-0.05, 0) is 50.0 Å². The Morgan fingerprint density at radius 2 is 1.88 bits per heavy atom. The van der Waals surface area contributed by atoms with Gasteiger partial charge in [0.25, 0.3) is 0 Å². The number of carboxylic acid groups (broad SMARTS) is 1. The Bertz CT molecular complexity index is 1030. The van der Waals surface area contributed by atoms with Crippen molar-refractivity contribution in [3.63, 3.8) is 0 Å². The van der Waals surface area contributed by atoms with Gasteiger partial charge in [0.05, 0.1) is 19.1 Å². The van der Waals surface area contributed by atoms with E-state index in [1.54, 1.807) is 0 Å². The van der Waals surface area contributed by atoms with Crippen molar-refractivity contribution < 1.29 is 24.2 Å². The van der Waals surface area contributed by atoms with Crippen LogP contribution in [0.15, 0.2) is 23.5 Å². The number of ketones is 1. The minimum absolute atomic E-state index is 0.107. The number of fused-ring (bicyclic) bond motifs is 1. The highest BCUT2D eigenvalue weighted by molar-refractivity contribution is 5.79. The molecule has 1 saturated carbocycles. The number of aliphatic carboxylic acids is 1. The molecule has 4 rings (SSSR count). The van der Waals surface area contributed by atoms with Crippen LogP contribution in [0.1, 0.15) is 90.9 Å². The largest absolute Gasteiger partial charge is 0.492 e. The van der Waals surface area contributed by atoms with Crippen LogP contribution in [0.2, 0.25) is 0 Å². The minimum Gasteiger partial charge on any atom is -0.492 e. The van der Waals surface area contributed by atoms with Gasteiger partial charge in [0.1, 0.15) is 11.5 Å². The molecular formula is C33H48N2O5. The summed E-state index contributed by atoms with van der Waals surface area (Å²) in [7, 11) is 0. The number of nitrogens with zero attached hydrogens (tertiary/aromatic N) is 2. The van der Waals surface area contributed by atoms with Crippen LogP contribution >= 0.6 is 0 Å². The lowest BCUT2D eigenvalue weighted by Crippen LogP contribution is -2.44. The van der Waals surface area contributed by atoms with Crippen LogP contribution in [0.25, 0.3) is 0 Å². The van der Waals surface area contributed by atoms with E-state index in [9.17, 15) is 19.5 Å². The summed E-state index contributed by atoms with van der Waals surface area (Å²) in [6.07, 6.45) is 14.5. The standard InChI is InChI=1S/C33H48N2O5/c1-3-5-18-34(19-6-4-2)31(37)23-35-22-28(25-10-8-12-30-26(21-25)17-20-40-30)32(33(38)39)29(35)16-14-24-9-7-11-27(36)15-13-24/h12,21,24-25,28-29,32H,3-7,9,11,13-20,22-23H2,1-2H3,(H,38,39)/t24?,25?,28-,29+,32-/m1/s1. The van der Waals surface area contributed by atoms with Crippen molar-refractivity contribution in [2.24, 2.45) is 23.7 Å². The Morgan fingerprint density at radius 3 is 2.60 bits per heavy atom. The van der Waals surface area contributed by atoms with Crippen LogP contribution in [0.4, 0.5) is 0 Å². The molecule has 0 spiro atoms. The van der Waals surface area contributed by atoms with Crippen molar-refractivity contribution in [1.82, 2.24) is 9.80 Å². The van der Waals surface area contributed by atoms with Gasteiger partial charge in [0, 0.05) is 62.9 Å². The second-order valence-electron chi connectivity index (χ2n) is 12.1. The molecule has 5 atom stereocenters. The zero-order valence-electron chi connectivity index (χ0n) is 24.5. The average molecular weight is 553 g/mol. The van der Waals surface area contributed by atoms with Crippen LogP contribution in [0.3, 0.4) is 0 Å². The van der Waals surface area contributed by atoms with Crippen molar-refractivity contribution in [2.45, 2.75) is 96.9 Å². The first kappa shape index (κ1) is 30.4. The summed E-state index contributed by atoms with van der Waals surface area (Å²) in [5.74, 6) is 6.37. The molecule has 0 aromatic rings. The predicted octanol–water partition coefficient (Wildman–Crippen LogP) is 5.21. The first-order valence-electron chi connectivity index (χ1n) is 15.7. The fourth-order valence-electron chi connectivity index (χ4n) is 6.99. The van der Waals surface area contributed by atoms with Crippen molar-refractivity contribution in [1.29, 1.82) is 0 Å². The molecule has 2 unspecified atom stereocenters. The van der Waals surface area contributed by atoms with Gasteiger partial charge in [-0.2, -0.15) is 0 Å². The summed E-state index contributed by atoms with van der Waals surface area (Å²) in [4.78, 5) is 42.7. The number of carboxylic acids is 1. The highest BCUT2D eigenvalue weighted by Gasteiger charge is 2.49. The quantitative estimate of drug-likeness (QED) is 0.249. The zero-order valence-corrected chi connectivity index (χ0v) is 24.5. The number of ether oxygens (including phenoxy) is 1. The minimum atomic E-state index is -0.796. The maximum absolute atomic E-state index is 13.6. The van der Waals surface area contributed by atoms with E-state index >= 15 is 0 Å². The number of allylic oxidation sites excluding steroid dienone is 3. The summed E-state index contributed by atoms with van der Waals surface area (Å²) >= 11 is 0. The molecular weight excluding hydrogens is 504 g/mol. The first-order chi connectivity index (χ1) is 19.4. The Hall–Kier alpha value is -2.59. The number of carbonyl (C=O) groups excluding carboxylic acids is 2. The van der Waals surface area contributed by atoms with E-state index in [2.05, 4.69) is 36.7 Å².